The van der Waals surface area contributed by atoms with Gasteiger partial charge in [0.25, 0.3) is 0 Å². The number of aromatic hydroxyl groups is 1. The van der Waals surface area contributed by atoms with Gasteiger partial charge < -0.3 is 14.6 Å². The molecule has 0 unspecified atom stereocenters. The van der Waals surface area contributed by atoms with Crippen molar-refractivity contribution in [2.45, 2.75) is 0 Å². The number of phenols is 1. The van der Waals surface area contributed by atoms with Gasteiger partial charge in [-0.3, -0.25) is 4.79 Å². The average molecular weight is 304 g/mol. The third-order valence-electron chi connectivity index (χ3n) is 2.91. The number of rotatable bonds is 5. The first-order chi connectivity index (χ1) is 10.5. The monoisotopic (exact) mass is 304 g/mol. The molecule has 0 saturated carbocycles. The number of halogens is 1. The summed E-state index contributed by atoms with van der Waals surface area (Å²) in [5, 5.41) is 9.70. The Morgan fingerprint density at radius 1 is 1.18 bits per heavy atom. The maximum Gasteiger partial charge on any atom is 0.342 e. The Kier molecular flexibility index (Phi) is 4.73. The van der Waals surface area contributed by atoms with E-state index < -0.39 is 24.2 Å². The summed E-state index contributed by atoms with van der Waals surface area (Å²) in [6, 6.07) is 9.13. The van der Waals surface area contributed by atoms with E-state index in [2.05, 4.69) is 0 Å². The largest absolute Gasteiger partial charge is 0.507 e. The van der Waals surface area contributed by atoms with Gasteiger partial charge in [-0.25, -0.2) is 9.18 Å². The Labute approximate surface area is 125 Å². The fraction of sp³-hybridized carbons (Fsp3) is 0.125. The average Bonchev–Trinajstić information content (AvgIpc) is 2.52. The molecule has 0 atom stereocenters. The summed E-state index contributed by atoms with van der Waals surface area (Å²) < 4.78 is 22.7. The second-order valence-corrected chi connectivity index (χ2v) is 4.39. The maximum absolute atomic E-state index is 13.0. The molecule has 0 fully saturated rings. The van der Waals surface area contributed by atoms with Crippen molar-refractivity contribution in [3.63, 3.8) is 0 Å². The maximum atomic E-state index is 13.0. The molecule has 0 aromatic heterocycles. The minimum atomic E-state index is -0.857. The highest BCUT2D eigenvalue weighted by atomic mass is 19.1. The van der Waals surface area contributed by atoms with Crippen LogP contribution in [0.4, 0.5) is 4.39 Å². The molecule has 0 radical (unpaired) electrons. The SMILES string of the molecule is COc1ccc(C(=O)OCC(=O)c2cccc(F)c2)c(O)c1. The van der Waals surface area contributed by atoms with E-state index in [1.165, 1.54) is 43.5 Å². The lowest BCUT2D eigenvalue weighted by atomic mass is 10.1. The van der Waals surface area contributed by atoms with Crippen molar-refractivity contribution in [3.05, 3.63) is 59.4 Å². The van der Waals surface area contributed by atoms with Gasteiger partial charge in [0, 0.05) is 11.6 Å². The molecule has 1 N–H and O–H groups in total. The summed E-state index contributed by atoms with van der Waals surface area (Å²) in [7, 11) is 1.42. The highest BCUT2D eigenvalue weighted by molar-refractivity contribution is 5.99. The van der Waals surface area contributed by atoms with Crippen molar-refractivity contribution in [2.75, 3.05) is 13.7 Å². The van der Waals surface area contributed by atoms with E-state index >= 15 is 0 Å². The number of methoxy groups -OCH3 is 1. The van der Waals surface area contributed by atoms with Crippen LogP contribution in [-0.2, 0) is 4.74 Å². The Morgan fingerprint density at radius 2 is 1.95 bits per heavy atom. The summed E-state index contributed by atoms with van der Waals surface area (Å²) in [5.74, 6) is -1.89. The van der Waals surface area contributed by atoms with E-state index in [1.807, 2.05) is 0 Å². The second kappa shape index (κ2) is 6.71. The minimum Gasteiger partial charge on any atom is -0.507 e. The van der Waals surface area contributed by atoms with Crippen LogP contribution in [0, 0.1) is 5.82 Å². The number of ether oxygens (including phenoxy) is 2. The van der Waals surface area contributed by atoms with Crippen LogP contribution in [0.5, 0.6) is 11.5 Å². The van der Waals surface area contributed by atoms with Crippen LogP contribution >= 0.6 is 0 Å². The number of carbonyl (C=O) groups excluding carboxylic acids is 2. The van der Waals surface area contributed by atoms with Gasteiger partial charge in [0.05, 0.1) is 7.11 Å². The van der Waals surface area contributed by atoms with E-state index in [9.17, 15) is 19.1 Å². The molecule has 5 nitrogen and oxygen atoms in total. The molecule has 0 aliphatic rings. The molecule has 2 aromatic carbocycles. The van der Waals surface area contributed by atoms with Crippen molar-refractivity contribution < 1.29 is 28.6 Å². The fourth-order valence-electron chi connectivity index (χ4n) is 1.77. The predicted molar refractivity (Wildman–Crippen MR) is 75.7 cm³/mol. The highest BCUT2D eigenvalue weighted by Gasteiger charge is 2.16. The van der Waals surface area contributed by atoms with E-state index in [-0.39, 0.29) is 16.9 Å². The third-order valence-corrected chi connectivity index (χ3v) is 2.91. The Morgan fingerprint density at radius 3 is 2.59 bits per heavy atom. The molecule has 0 heterocycles. The number of benzene rings is 2. The molecule has 6 heteroatoms. The summed E-state index contributed by atoms with van der Waals surface area (Å²) in [4.78, 5) is 23.6. The standard InChI is InChI=1S/C16H13FO5/c1-21-12-5-6-13(14(18)8-12)16(20)22-9-15(19)10-3-2-4-11(17)7-10/h2-8,18H,9H2,1H3. The highest BCUT2D eigenvalue weighted by Crippen LogP contribution is 2.24. The molecule has 114 valence electrons. The van der Waals surface area contributed by atoms with Crippen LogP contribution in [-0.4, -0.2) is 30.6 Å². The number of phenolic OH excluding ortho intramolecular Hbond substituents is 1. The smallest absolute Gasteiger partial charge is 0.342 e. The van der Waals surface area contributed by atoms with Gasteiger partial charge in [-0.05, 0) is 24.3 Å². The minimum absolute atomic E-state index is 0.0900. The van der Waals surface area contributed by atoms with Gasteiger partial charge in [0.1, 0.15) is 22.9 Å². The van der Waals surface area contributed by atoms with E-state index in [0.29, 0.717) is 5.75 Å². The van der Waals surface area contributed by atoms with Crippen LogP contribution in [0.3, 0.4) is 0 Å². The summed E-state index contributed by atoms with van der Waals surface area (Å²) in [6.45, 7) is -0.548. The normalized spacial score (nSPS) is 10.1. The van der Waals surface area contributed by atoms with Gasteiger partial charge in [-0.2, -0.15) is 0 Å². The molecule has 22 heavy (non-hydrogen) atoms. The lowest BCUT2D eigenvalue weighted by molar-refractivity contribution is 0.0471. The van der Waals surface area contributed by atoms with Crippen LogP contribution in [0.25, 0.3) is 0 Å². The topological polar surface area (TPSA) is 72.8 Å². The zero-order valence-electron chi connectivity index (χ0n) is 11.7. The summed E-state index contributed by atoms with van der Waals surface area (Å²) in [5.41, 5.74) is 0.0135. The number of hydrogen-bond acceptors (Lipinski definition) is 5. The molecule has 0 aliphatic carbocycles. The van der Waals surface area contributed by atoms with E-state index in [4.69, 9.17) is 9.47 Å². The zero-order valence-corrected chi connectivity index (χ0v) is 11.7. The van der Waals surface area contributed by atoms with Crippen molar-refractivity contribution in [1.82, 2.24) is 0 Å². The second-order valence-electron chi connectivity index (χ2n) is 4.39. The molecular weight excluding hydrogens is 291 g/mol. The molecule has 0 saturated heterocycles. The van der Waals surface area contributed by atoms with Crippen LogP contribution in [0.2, 0.25) is 0 Å². The number of hydrogen-bond donors (Lipinski definition) is 1. The van der Waals surface area contributed by atoms with Crippen molar-refractivity contribution >= 4 is 11.8 Å². The van der Waals surface area contributed by atoms with Gasteiger partial charge in [-0.1, -0.05) is 12.1 Å². The number of Topliss-reactive ketones (excluding diaryl/α,β-unsaturated/α-hetero) is 1. The Bertz CT molecular complexity index is 711. The van der Waals surface area contributed by atoms with Gasteiger partial charge in [0.15, 0.2) is 12.4 Å². The van der Waals surface area contributed by atoms with E-state index in [1.54, 1.807) is 0 Å². The van der Waals surface area contributed by atoms with Crippen molar-refractivity contribution in [3.8, 4) is 11.5 Å². The Hall–Kier alpha value is -2.89. The molecule has 0 amide bonds. The zero-order chi connectivity index (χ0) is 16.1. The summed E-state index contributed by atoms with van der Waals surface area (Å²) in [6.07, 6.45) is 0. The van der Waals surface area contributed by atoms with E-state index in [0.717, 1.165) is 6.07 Å². The Balaban J connectivity index is 2.02. The quantitative estimate of drug-likeness (QED) is 0.679. The predicted octanol–water partition coefficient (Wildman–Crippen LogP) is 2.58. The van der Waals surface area contributed by atoms with Crippen LogP contribution in [0.15, 0.2) is 42.5 Å². The molecular formula is C16H13FO5. The first-order valence-corrected chi connectivity index (χ1v) is 6.34. The van der Waals surface area contributed by atoms with Crippen LogP contribution in [0.1, 0.15) is 20.7 Å². The first-order valence-electron chi connectivity index (χ1n) is 6.34. The number of ketones is 1. The lowest BCUT2D eigenvalue weighted by Crippen LogP contribution is -2.14. The molecule has 0 spiro atoms. The molecule has 2 rings (SSSR count). The summed E-state index contributed by atoms with van der Waals surface area (Å²) >= 11 is 0. The van der Waals surface area contributed by atoms with Gasteiger partial charge >= 0.3 is 5.97 Å². The molecule has 2 aromatic rings. The van der Waals surface area contributed by atoms with Gasteiger partial charge in [-0.15, -0.1) is 0 Å². The van der Waals surface area contributed by atoms with Crippen molar-refractivity contribution in [2.24, 2.45) is 0 Å². The van der Waals surface area contributed by atoms with Crippen molar-refractivity contribution in [1.29, 1.82) is 0 Å². The number of esters is 1. The lowest BCUT2D eigenvalue weighted by Gasteiger charge is -2.07. The number of carbonyl (C=O) groups is 2. The first kappa shape index (κ1) is 15.5. The van der Waals surface area contributed by atoms with Gasteiger partial charge in [0.2, 0.25) is 0 Å². The fourth-order valence-corrected chi connectivity index (χ4v) is 1.77. The third kappa shape index (κ3) is 3.60. The van der Waals surface area contributed by atoms with Crippen LogP contribution < -0.4 is 4.74 Å². The molecule has 0 bridgehead atoms. The molecule has 0 aliphatic heterocycles.